The lowest BCUT2D eigenvalue weighted by atomic mass is 10.0. The smallest absolute Gasteiger partial charge is 0.326 e. The summed E-state index contributed by atoms with van der Waals surface area (Å²) in [5, 5.41) is 31.8. The molecule has 0 aliphatic carbocycles. The van der Waals surface area contributed by atoms with Crippen molar-refractivity contribution in [1.82, 2.24) is 26.6 Å². The number of carboxylic acid groups (broad SMARTS) is 2. The zero-order valence-electron chi connectivity index (χ0n) is 37.2. The second-order valence-electron chi connectivity index (χ2n) is 15.2. The van der Waals surface area contributed by atoms with Gasteiger partial charge in [-0.1, -0.05) is 77.0 Å². The van der Waals surface area contributed by atoms with E-state index in [0.29, 0.717) is 13.0 Å². The van der Waals surface area contributed by atoms with Gasteiger partial charge in [0.05, 0.1) is 45.7 Å². The maximum absolute atomic E-state index is 12.3. The minimum atomic E-state index is -1.18. The molecule has 0 aromatic rings. The Labute approximate surface area is 363 Å². The highest BCUT2D eigenvalue weighted by Gasteiger charge is 2.21. The molecule has 0 saturated carbocycles. The summed E-state index contributed by atoms with van der Waals surface area (Å²) in [5.41, 5.74) is 0. The molecular formula is C43H79N5O13. The first-order valence-electron chi connectivity index (χ1n) is 22.5. The Balaban J connectivity index is 3.65. The molecule has 2 unspecified atom stereocenters. The predicted molar refractivity (Wildman–Crippen MR) is 230 cm³/mol. The van der Waals surface area contributed by atoms with Gasteiger partial charge in [-0.25, -0.2) is 4.79 Å². The second-order valence-corrected chi connectivity index (χ2v) is 15.2. The SMILES string of the molecule is CNC(CCCCNC(=O)COCCOCCNC(=O)COCCOCCNC(=O)CCC(NC(=O)CCCCCCCCCCCCCCCCC(=O)O)C(=O)O)C(C)=O. The van der Waals surface area contributed by atoms with Crippen LogP contribution in [0, 0.1) is 0 Å². The van der Waals surface area contributed by atoms with Crippen molar-refractivity contribution >= 4 is 41.4 Å². The molecule has 18 nitrogen and oxygen atoms in total. The van der Waals surface area contributed by atoms with Crippen LogP contribution >= 0.6 is 0 Å². The topological polar surface area (TPSA) is 257 Å². The van der Waals surface area contributed by atoms with Crippen molar-refractivity contribution in [3.8, 4) is 0 Å². The van der Waals surface area contributed by atoms with Crippen LogP contribution in [0.4, 0.5) is 0 Å². The van der Waals surface area contributed by atoms with Gasteiger partial charge in [-0.2, -0.15) is 0 Å². The van der Waals surface area contributed by atoms with Crippen molar-refractivity contribution in [3.63, 3.8) is 0 Å². The summed E-state index contributed by atoms with van der Waals surface area (Å²) in [6.07, 6.45) is 17.8. The minimum Gasteiger partial charge on any atom is -0.481 e. The van der Waals surface area contributed by atoms with Crippen molar-refractivity contribution in [1.29, 1.82) is 0 Å². The van der Waals surface area contributed by atoms with Crippen LogP contribution in [0.25, 0.3) is 0 Å². The van der Waals surface area contributed by atoms with Crippen LogP contribution in [0.5, 0.6) is 0 Å². The van der Waals surface area contributed by atoms with Gasteiger partial charge < -0.3 is 55.7 Å². The van der Waals surface area contributed by atoms with E-state index in [1.165, 1.54) is 44.9 Å². The fourth-order valence-electron chi connectivity index (χ4n) is 6.22. The van der Waals surface area contributed by atoms with Gasteiger partial charge in [-0.15, -0.1) is 0 Å². The Morgan fingerprint density at radius 2 is 0.885 bits per heavy atom. The zero-order valence-corrected chi connectivity index (χ0v) is 37.2. The Morgan fingerprint density at radius 1 is 0.443 bits per heavy atom. The number of carbonyl (C=O) groups is 7. The van der Waals surface area contributed by atoms with E-state index in [-0.39, 0.29) is 127 Å². The summed E-state index contributed by atoms with van der Waals surface area (Å²) < 4.78 is 21.3. The lowest BCUT2D eigenvalue weighted by Gasteiger charge is -2.14. The van der Waals surface area contributed by atoms with Crippen molar-refractivity contribution in [3.05, 3.63) is 0 Å². The first kappa shape index (κ1) is 57.3. The summed E-state index contributed by atoms with van der Waals surface area (Å²) in [4.78, 5) is 81.8. The number of ether oxygens (including phenoxy) is 4. The van der Waals surface area contributed by atoms with Crippen LogP contribution in [0.3, 0.4) is 0 Å². The normalized spacial score (nSPS) is 12.0. The molecule has 0 spiro atoms. The fourth-order valence-corrected chi connectivity index (χ4v) is 6.22. The molecule has 0 aromatic heterocycles. The van der Waals surface area contributed by atoms with Crippen LogP contribution in [0.1, 0.15) is 142 Å². The average Bonchev–Trinajstić information content (AvgIpc) is 3.22. The lowest BCUT2D eigenvalue weighted by molar-refractivity contribution is -0.142. The quantitative estimate of drug-likeness (QED) is 0.0433. The van der Waals surface area contributed by atoms with Crippen LogP contribution in [-0.4, -0.2) is 143 Å². The number of aliphatic carboxylic acids is 2. The number of amides is 4. The third kappa shape index (κ3) is 40.1. The van der Waals surface area contributed by atoms with E-state index in [2.05, 4.69) is 26.6 Å². The molecule has 18 heteroatoms. The van der Waals surface area contributed by atoms with E-state index in [4.69, 9.17) is 24.1 Å². The highest BCUT2D eigenvalue weighted by Crippen LogP contribution is 2.14. The van der Waals surface area contributed by atoms with E-state index in [1.807, 2.05) is 0 Å². The van der Waals surface area contributed by atoms with Gasteiger partial charge in [0, 0.05) is 38.9 Å². The second kappa shape index (κ2) is 41.6. The number of nitrogens with one attached hydrogen (secondary N) is 5. The first-order chi connectivity index (χ1) is 29.5. The number of likely N-dealkylation sites (N-methyl/N-ethyl adjacent to an activating group) is 1. The molecule has 354 valence electrons. The van der Waals surface area contributed by atoms with E-state index in [9.17, 15) is 38.7 Å². The molecule has 61 heavy (non-hydrogen) atoms. The summed E-state index contributed by atoms with van der Waals surface area (Å²) >= 11 is 0. The molecule has 2 atom stereocenters. The predicted octanol–water partition coefficient (Wildman–Crippen LogP) is 3.42. The third-order valence-corrected chi connectivity index (χ3v) is 9.77. The maximum atomic E-state index is 12.3. The Morgan fingerprint density at radius 3 is 1.34 bits per heavy atom. The summed E-state index contributed by atoms with van der Waals surface area (Å²) in [5.74, 6) is -3.01. The number of hydrogen-bond acceptors (Lipinski definition) is 12. The Hall–Kier alpha value is -3.71. The first-order valence-corrected chi connectivity index (χ1v) is 22.5. The monoisotopic (exact) mass is 874 g/mol. The molecule has 0 heterocycles. The van der Waals surface area contributed by atoms with Gasteiger partial charge in [0.15, 0.2) is 0 Å². The molecule has 4 amide bonds. The van der Waals surface area contributed by atoms with E-state index in [0.717, 1.165) is 57.8 Å². The standard InChI is InChI=1S/C43H79N5O13/c1-35(49)36(44-2)19-17-18-24-45-40(52)33-60-31-30-59-28-26-47-41(53)34-61-32-29-58-27-25-46-38(50)23-22-37(43(56)57)48-39(51)20-15-13-11-9-7-5-3-4-6-8-10-12-14-16-21-42(54)55/h36-37,44H,3-34H2,1-2H3,(H,45,52)(H,46,50)(H,47,53)(H,48,51)(H,54,55)(H,56,57). The van der Waals surface area contributed by atoms with E-state index in [1.54, 1.807) is 14.0 Å². The van der Waals surface area contributed by atoms with Crippen LogP contribution < -0.4 is 26.6 Å². The molecular weight excluding hydrogens is 794 g/mol. The minimum absolute atomic E-state index is 0.0258. The summed E-state index contributed by atoms with van der Waals surface area (Å²) in [6, 6.07) is -1.29. The summed E-state index contributed by atoms with van der Waals surface area (Å²) in [7, 11) is 1.75. The lowest BCUT2D eigenvalue weighted by Crippen LogP contribution is -2.41. The number of ketones is 1. The molecule has 7 N–H and O–H groups in total. The van der Waals surface area contributed by atoms with Crippen molar-refractivity contribution < 1.29 is 62.7 Å². The van der Waals surface area contributed by atoms with Gasteiger partial charge in [0.2, 0.25) is 23.6 Å². The van der Waals surface area contributed by atoms with Gasteiger partial charge in [-0.05, 0) is 52.5 Å². The Bertz CT molecular complexity index is 1190. The third-order valence-electron chi connectivity index (χ3n) is 9.77. The Kier molecular flexibility index (Phi) is 39.1. The molecule has 0 aromatic carbocycles. The number of unbranched alkanes of at least 4 members (excludes halogenated alkanes) is 14. The van der Waals surface area contributed by atoms with Gasteiger partial charge in [0.25, 0.3) is 0 Å². The largest absolute Gasteiger partial charge is 0.481 e. The van der Waals surface area contributed by atoms with Crippen LogP contribution in [0.15, 0.2) is 0 Å². The van der Waals surface area contributed by atoms with Crippen molar-refractivity contribution in [2.24, 2.45) is 0 Å². The molecule has 0 bridgehead atoms. The molecule has 0 aliphatic heterocycles. The number of carbonyl (C=O) groups excluding carboxylic acids is 5. The molecule has 0 radical (unpaired) electrons. The number of Topliss-reactive ketones (excluding diaryl/α,β-unsaturated/α-hetero) is 1. The number of carboxylic acids is 2. The molecule has 0 aliphatic rings. The average molecular weight is 874 g/mol. The van der Waals surface area contributed by atoms with E-state index < -0.39 is 18.0 Å². The van der Waals surface area contributed by atoms with Gasteiger partial charge in [0.1, 0.15) is 25.0 Å². The van der Waals surface area contributed by atoms with E-state index >= 15 is 0 Å². The molecule has 0 rings (SSSR count). The molecule has 0 fully saturated rings. The maximum Gasteiger partial charge on any atom is 0.326 e. The van der Waals surface area contributed by atoms with Crippen molar-refractivity contribution in [2.75, 3.05) is 79.5 Å². The zero-order chi connectivity index (χ0) is 45.2. The van der Waals surface area contributed by atoms with Crippen LogP contribution in [0.2, 0.25) is 0 Å². The number of rotatable bonds is 45. The van der Waals surface area contributed by atoms with Crippen molar-refractivity contribution in [2.45, 2.75) is 154 Å². The highest BCUT2D eigenvalue weighted by molar-refractivity contribution is 5.84. The fraction of sp³-hybridized carbons (Fsp3) is 0.837. The number of hydrogen-bond donors (Lipinski definition) is 7. The molecule has 0 saturated heterocycles. The van der Waals surface area contributed by atoms with Gasteiger partial charge in [-0.3, -0.25) is 28.8 Å². The summed E-state index contributed by atoms with van der Waals surface area (Å²) in [6.45, 7) is 3.67. The van der Waals surface area contributed by atoms with Gasteiger partial charge >= 0.3 is 11.9 Å². The van der Waals surface area contributed by atoms with Crippen LogP contribution in [-0.2, 0) is 52.5 Å². The highest BCUT2D eigenvalue weighted by atomic mass is 16.5.